The molecule has 6 aromatic rings. The molecule has 57 heavy (non-hydrogen) atoms. The minimum Gasteiger partial charge on any atom is -0.508 e. The lowest BCUT2D eigenvalue weighted by molar-refractivity contribution is -0.384. The van der Waals surface area contributed by atoms with Crippen molar-refractivity contribution >= 4 is 40.8 Å². The lowest BCUT2D eigenvalue weighted by Crippen LogP contribution is -2.18. The molecule has 0 aliphatic carbocycles. The van der Waals surface area contributed by atoms with Crippen LogP contribution in [0.4, 0.5) is 17.1 Å². The quantitative estimate of drug-likeness (QED) is 0.0552. The van der Waals surface area contributed by atoms with Gasteiger partial charge in [-0.05, 0) is 108 Å². The standard InChI is InChI=1S/C43H33N3O11/c1-43(2,26-5-15-32(16-6-26)57-34-19-9-28(10-20-34)45-40(49)38-24-30(47)12-22-36(38)42(52)53)25-3-13-31(14-4-25)56-33-17-7-27(8-18-33)44-39(48)37-23-29(46(54)55)11-21-35(37)41(50)51/h3-24,47H,1-2H3,(H,44,48)(H,45,49)(H,50,51)(H,52,53). The third-order valence-corrected chi connectivity index (χ3v) is 9.01. The molecule has 0 atom stereocenters. The van der Waals surface area contributed by atoms with E-state index in [1.54, 1.807) is 48.5 Å². The number of benzene rings is 6. The number of phenolic OH excluding ortho intramolecular Hbond substituents is 1. The molecule has 6 aromatic carbocycles. The SMILES string of the molecule is CC(C)(c1ccc(Oc2ccc(NC(=O)c3cc(O)ccc3C(=O)O)cc2)cc1)c1ccc(Oc2ccc(NC(=O)c3cc([N+](=O)[O-])ccc3C(=O)O)cc2)cc1. The second-order valence-electron chi connectivity index (χ2n) is 13.2. The molecule has 0 spiro atoms. The summed E-state index contributed by atoms with van der Waals surface area (Å²) in [6.07, 6.45) is 0. The molecule has 0 radical (unpaired) electrons. The van der Waals surface area contributed by atoms with Gasteiger partial charge >= 0.3 is 11.9 Å². The highest BCUT2D eigenvalue weighted by Gasteiger charge is 2.24. The molecule has 0 unspecified atom stereocenters. The number of nitro groups is 1. The smallest absolute Gasteiger partial charge is 0.336 e. The second-order valence-corrected chi connectivity index (χ2v) is 13.2. The number of carboxylic acids is 2. The van der Waals surface area contributed by atoms with Crippen LogP contribution in [0.3, 0.4) is 0 Å². The fraction of sp³-hybridized carbons (Fsp3) is 0.0698. The summed E-state index contributed by atoms with van der Waals surface area (Å²) in [5.41, 5.74) is 0.844. The Labute approximate surface area is 324 Å². The molecular weight excluding hydrogens is 734 g/mol. The molecule has 14 nitrogen and oxygen atoms in total. The summed E-state index contributed by atoms with van der Waals surface area (Å²) in [5, 5.41) is 44.9. The number of phenols is 1. The molecule has 0 aliphatic rings. The van der Waals surface area contributed by atoms with Crippen molar-refractivity contribution in [2.45, 2.75) is 19.3 Å². The van der Waals surface area contributed by atoms with Gasteiger partial charge in [-0.25, -0.2) is 9.59 Å². The van der Waals surface area contributed by atoms with E-state index in [9.17, 15) is 44.6 Å². The first-order chi connectivity index (χ1) is 27.2. The number of anilines is 2. The summed E-state index contributed by atoms with van der Waals surface area (Å²) in [7, 11) is 0. The Morgan fingerprint density at radius 2 is 0.912 bits per heavy atom. The highest BCUT2D eigenvalue weighted by Crippen LogP contribution is 2.35. The Morgan fingerprint density at radius 3 is 1.30 bits per heavy atom. The number of aromatic carboxylic acids is 2. The molecular formula is C43H33N3O11. The second kappa shape index (κ2) is 16.2. The number of amides is 2. The van der Waals surface area contributed by atoms with E-state index in [1.165, 1.54) is 6.07 Å². The van der Waals surface area contributed by atoms with E-state index in [0.717, 1.165) is 41.5 Å². The van der Waals surface area contributed by atoms with E-state index in [1.807, 2.05) is 48.5 Å². The molecule has 14 heteroatoms. The van der Waals surface area contributed by atoms with Crippen molar-refractivity contribution in [1.82, 2.24) is 0 Å². The van der Waals surface area contributed by atoms with E-state index in [0.29, 0.717) is 34.4 Å². The van der Waals surface area contributed by atoms with Crippen molar-refractivity contribution in [2.75, 3.05) is 10.6 Å². The minimum absolute atomic E-state index is 0.173. The largest absolute Gasteiger partial charge is 0.508 e. The molecule has 6 rings (SSSR count). The van der Waals surface area contributed by atoms with Crippen LogP contribution in [-0.2, 0) is 5.41 Å². The summed E-state index contributed by atoms with van der Waals surface area (Å²) in [4.78, 5) is 59.1. The Kier molecular flexibility index (Phi) is 11.0. The van der Waals surface area contributed by atoms with Crippen LogP contribution in [0, 0.1) is 10.1 Å². The lowest BCUT2D eigenvalue weighted by Gasteiger charge is -2.26. The molecule has 0 heterocycles. The van der Waals surface area contributed by atoms with Crippen molar-refractivity contribution in [3.8, 4) is 28.7 Å². The van der Waals surface area contributed by atoms with Crippen LogP contribution in [0.15, 0.2) is 133 Å². The minimum atomic E-state index is -1.39. The molecule has 0 aliphatic heterocycles. The average molecular weight is 768 g/mol. The molecule has 0 saturated carbocycles. The van der Waals surface area contributed by atoms with Crippen LogP contribution >= 0.6 is 0 Å². The Balaban J connectivity index is 1.04. The number of nitro benzene ring substituents is 1. The van der Waals surface area contributed by atoms with Gasteiger partial charge in [0.2, 0.25) is 0 Å². The van der Waals surface area contributed by atoms with Crippen LogP contribution in [0.25, 0.3) is 0 Å². The van der Waals surface area contributed by atoms with E-state index in [2.05, 4.69) is 24.5 Å². The van der Waals surface area contributed by atoms with E-state index in [4.69, 9.17) is 9.47 Å². The van der Waals surface area contributed by atoms with Crippen LogP contribution in [0.2, 0.25) is 0 Å². The van der Waals surface area contributed by atoms with Gasteiger partial charge in [0, 0.05) is 28.9 Å². The Bertz CT molecular complexity index is 2500. The van der Waals surface area contributed by atoms with Crippen molar-refractivity contribution < 1.29 is 48.9 Å². The van der Waals surface area contributed by atoms with Gasteiger partial charge in [-0.15, -0.1) is 0 Å². The zero-order valence-corrected chi connectivity index (χ0v) is 30.3. The summed E-state index contributed by atoms with van der Waals surface area (Å²) in [5.74, 6) is -2.28. The lowest BCUT2D eigenvalue weighted by atomic mass is 9.78. The van der Waals surface area contributed by atoms with Gasteiger partial charge in [0.05, 0.1) is 27.2 Å². The topological polar surface area (TPSA) is 215 Å². The maximum Gasteiger partial charge on any atom is 0.336 e. The summed E-state index contributed by atoms with van der Waals surface area (Å²) in [6.45, 7) is 4.17. The van der Waals surface area contributed by atoms with Crippen molar-refractivity contribution in [1.29, 1.82) is 0 Å². The molecule has 2 amide bonds. The highest BCUT2D eigenvalue weighted by atomic mass is 16.6. The van der Waals surface area contributed by atoms with Crippen LogP contribution < -0.4 is 20.1 Å². The number of carbonyl (C=O) groups excluding carboxylic acids is 2. The monoisotopic (exact) mass is 767 g/mol. The van der Waals surface area contributed by atoms with Gasteiger partial charge in [0.25, 0.3) is 17.5 Å². The van der Waals surface area contributed by atoms with Gasteiger partial charge in [0.1, 0.15) is 28.7 Å². The highest BCUT2D eigenvalue weighted by molar-refractivity contribution is 6.12. The van der Waals surface area contributed by atoms with Crippen LogP contribution in [0.1, 0.15) is 66.4 Å². The first kappa shape index (κ1) is 38.7. The van der Waals surface area contributed by atoms with Gasteiger partial charge in [-0.1, -0.05) is 38.1 Å². The van der Waals surface area contributed by atoms with Crippen molar-refractivity contribution in [2.24, 2.45) is 0 Å². The average Bonchev–Trinajstić information content (AvgIpc) is 3.19. The maximum absolute atomic E-state index is 12.8. The molecule has 0 aromatic heterocycles. The van der Waals surface area contributed by atoms with Gasteiger partial charge in [-0.2, -0.15) is 0 Å². The fourth-order valence-corrected chi connectivity index (χ4v) is 5.85. The zero-order valence-electron chi connectivity index (χ0n) is 30.3. The van der Waals surface area contributed by atoms with Crippen molar-refractivity contribution in [3.63, 3.8) is 0 Å². The number of hydrogen-bond donors (Lipinski definition) is 5. The number of carboxylic acid groups (broad SMARTS) is 2. The van der Waals surface area contributed by atoms with Crippen molar-refractivity contribution in [3.05, 3.63) is 177 Å². The Morgan fingerprint density at radius 1 is 0.544 bits per heavy atom. The summed E-state index contributed by atoms with van der Waals surface area (Å²) in [6, 6.07) is 34.5. The van der Waals surface area contributed by atoms with Gasteiger partial charge < -0.3 is 35.4 Å². The third-order valence-electron chi connectivity index (χ3n) is 9.01. The summed E-state index contributed by atoms with van der Waals surface area (Å²) < 4.78 is 12.0. The first-order valence-electron chi connectivity index (χ1n) is 17.2. The number of hydrogen-bond acceptors (Lipinski definition) is 9. The maximum atomic E-state index is 12.8. The number of rotatable bonds is 13. The fourth-order valence-electron chi connectivity index (χ4n) is 5.85. The molecule has 0 fully saturated rings. The van der Waals surface area contributed by atoms with Crippen LogP contribution in [-0.4, -0.2) is 44.0 Å². The van der Waals surface area contributed by atoms with Gasteiger partial charge in [0.15, 0.2) is 0 Å². The molecule has 0 bridgehead atoms. The molecule has 286 valence electrons. The van der Waals surface area contributed by atoms with Gasteiger partial charge in [-0.3, -0.25) is 19.7 Å². The van der Waals surface area contributed by atoms with E-state index < -0.39 is 39.8 Å². The zero-order chi connectivity index (χ0) is 40.9. The number of ether oxygens (including phenoxy) is 2. The number of aromatic hydroxyl groups is 1. The van der Waals surface area contributed by atoms with E-state index >= 15 is 0 Å². The van der Waals surface area contributed by atoms with E-state index in [-0.39, 0.29) is 28.0 Å². The first-order valence-corrected chi connectivity index (χ1v) is 17.2. The molecule has 5 N–H and O–H groups in total. The third kappa shape index (κ3) is 9.04. The normalized spacial score (nSPS) is 10.9. The number of non-ortho nitro benzene ring substituents is 1. The Hall–Kier alpha value is -8.00. The number of nitrogens with one attached hydrogen (secondary N) is 2. The summed E-state index contributed by atoms with van der Waals surface area (Å²) >= 11 is 0. The number of carbonyl (C=O) groups is 4. The molecule has 0 saturated heterocycles. The predicted molar refractivity (Wildman–Crippen MR) is 209 cm³/mol. The van der Waals surface area contributed by atoms with Crippen LogP contribution in [0.5, 0.6) is 28.7 Å². The predicted octanol–water partition coefficient (Wildman–Crippen LogP) is 9.11. The number of nitrogens with zero attached hydrogens (tertiary/aromatic N) is 1.